The Balaban J connectivity index is 2.07. The van der Waals surface area contributed by atoms with Gasteiger partial charge in [0.2, 0.25) is 0 Å². The van der Waals surface area contributed by atoms with Crippen LogP contribution in [-0.2, 0) is 12.6 Å². The molecule has 0 bridgehead atoms. The molecule has 0 N–H and O–H groups in total. The van der Waals surface area contributed by atoms with Crippen LogP contribution in [0.1, 0.15) is 27.3 Å². The summed E-state index contributed by atoms with van der Waals surface area (Å²) in [7, 11) is 0. The molecule has 1 atom stereocenters. The van der Waals surface area contributed by atoms with E-state index in [9.17, 15) is 13.2 Å². The van der Waals surface area contributed by atoms with Gasteiger partial charge in [0, 0.05) is 10.4 Å². The van der Waals surface area contributed by atoms with Crippen LogP contribution in [0.25, 0.3) is 0 Å². The van der Waals surface area contributed by atoms with Crippen molar-refractivity contribution in [1.29, 1.82) is 0 Å². The summed E-state index contributed by atoms with van der Waals surface area (Å²) in [5.74, 6) is 0.812. The molecule has 1 heterocycles. The molecular weight excluding hydrogens is 321 g/mol. The Morgan fingerprint density at radius 3 is 2.32 bits per heavy atom. The van der Waals surface area contributed by atoms with Gasteiger partial charge in [-0.05, 0) is 37.1 Å². The molecule has 1 unspecified atom stereocenters. The lowest BCUT2D eigenvalue weighted by atomic mass is 10.0. The lowest BCUT2D eigenvalue weighted by Gasteiger charge is -2.10. The molecule has 0 radical (unpaired) electrons. The third-order valence-electron chi connectivity index (χ3n) is 2.81. The van der Waals surface area contributed by atoms with E-state index in [4.69, 9.17) is 4.42 Å². The van der Waals surface area contributed by atoms with Crippen molar-refractivity contribution in [3.05, 3.63) is 59.0 Å². The van der Waals surface area contributed by atoms with Gasteiger partial charge in [-0.25, -0.2) is 0 Å². The summed E-state index contributed by atoms with van der Waals surface area (Å²) < 4.78 is 42.5. The Bertz CT molecular complexity index is 543. The maximum Gasteiger partial charge on any atom is 0.416 e. The van der Waals surface area contributed by atoms with E-state index in [2.05, 4.69) is 15.9 Å². The second-order valence-electron chi connectivity index (χ2n) is 4.36. The summed E-state index contributed by atoms with van der Waals surface area (Å²) in [6, 6.07) is 7.13. The van der Waals surface area contributed by atoms with E-state index < -0.39 is 11.7 Å². The van der Waals surface area contributed by atoms with Gasteiger partial charge in [0.05, 0.1) is 11.8 Å². The molecule has 0 spiro atoms. The lowest BCUT2D eigenvalue weighted by Crippen LogP contribution is -2.04. The normalized spacial score (nSPS) is 13.5. The number of benzene rings is 1. The summed E-state index contributed by atoms with van der Waals surface area (Å²) in [6.45, 7) is 1.85. The van der Waals surface area contributed by atoms with E-state index in [0.29, 0.717) is 6.42 Å². The third-order valence-corrected chi connectivity index (χ3v) is 3.66. The van der Waals surface area contributed by atoms with Crippen LogP contribution in [0.5, 0.6) is 0 Å². The Kier molecular flexibility index (Phi) is 4.04. The van der Waals surface area contributed by atoms with Crippen LogP contribution in [0.4, 0.5) is 13.2 Å². The average Bonchev–Trinajstić information content (AvgIpc) is 2.75. The molecule has 1 nitrogen and oxygen atoms in total. The van der Waals surface area contributed by atoms with Gasteiger partial charge < -0.3 is 4.42 Å². The predicted molar refractivity (Wildman–Crippen MR) is 70.3 cm³/mol. The van der Waals surface area contributed by atoms with E-state index in [1.54, 1.807) is 6.26 Å². The van der Waals surface area contributed by atoms with Gasteiger partial charge in [-0.2, -0.15) is 13.2 Å². The molecule has 0 aliphatic carbocycles. The highest BCUT2D eigenvalue weighted by atomic mass is 79.9. The highest BCUT2D eigenvalue weighted by Gasteiger charge is 2.29. The zero-order valence-electron chi connectivity index (χ0n) is 10.2. The summed E-state index contributed by atoms with van der Waals surface area (Å²) in [5.41, 5.74) is 1.20. The minimum absolute atomic E-state index is 0.0293. The highest BCUT2D eigenvalue weighted by molar-refractivity contribution is 9.09. The molecule has 1 aromatic carbocycles. The maximum absolute atomic E-state index is 12.4. The Morgan fingerprint density at radius 1 is 1.21 bits per heavy atom. The molecule has 0 fully saturated rings. The molecule has 0 aliphatic rings. The quantitative estimate of drug-likeness (QED) is 0.696. The standard InChI is InChI=1S/C14H12BrF3O/c1-9-6-11(8-19-9)13(15)7-10-2-4-12(5-3-10)14(16,17)18/h2-6,8,13H,7H2,1H3. The topological polar surface area (TPSA) is 13.1 Å². The van der Waals surface area contributed by atoms with Gasteiger partial charge in [-0.15, -0.1) is 0 Å². The van der Waals surface area contributed by atoms with Crippen molar-refractivity contribution in [3.8, 4) is 0 Å². The molecular formula is C14H12BrF3O. The summed E-state index contributed by atoms with van der Waals surface area (Å²) in [6.07, 6.45) is -2.02. The third kappa shape index (κ3) is 3.62. The van der Waals surface area contributed by atoms with Crippen LogP contribution in [0.2, 0.25) is 0 Å². The fourth-order valence-electron chi connectivity index (χ4n) is 1.78. The van der Waals surface area contributed by atoms with E-state index >= 15 is 0 Å². The van der Waals surface area contributed by atoms with Crippen molar-refractivity contribution in [2.24, 2.45) is 0 Å². The first kappa shape index (κ1) is 14.2. The van der Waals surface area contributed by atoms with Crippen LogP contribution in [0.3, 0.4) is 0 Å². The lowest BCUT2D eigenvalue weighted by molar-refractivity contribution is -0.137. The summed E-state index contributed by atoms with van der Waals surface area (Å²) in [5, 5.41) is 0. The van der Waals surface area contributed by atoms with Gasteiger partial charge in [0.15, 0.2) is 0 Å². The largest absolute Gasteiger partial charge is 0.469 e. The average molecular weight is 333 g/mol. The maximum atomic E-state index is 12.4. The van der Waals surface area contributed by atoms with Crippen molar-refractivity contribution in [2.45, 2.75) is 24.3 Å². The fraction of sp³-hybridized carbons (Fsp3) is 0.286. The minimum atomic E-state index is -4.28. The Hall–Kier alpha value is -1.23. The van der Waals surface area contributed by atoms with Gasteiger partial charge in [-0.1, -0.05) is 28.1 Å². The molecule has 0 saturated carbocycles. The fourth-order valence-corrected chi connectivity index (χ4v) is 2.40. The molecule has 102 valence electrons. The van der Waals surface area contributed by atoms with Crippen LogP contribution in [0, 0.1) is 6.92 Å². The second-order valence-corrected chi connectivity index (χ2v) is 5.46. The minimum Gasteiger partial charge on any atom is -0.469 e. The number of aryl methyl sites for hydroxylation is 1. The van der Waals surface area contributed by atoms with Gasteiger partial charge in [-0.3, -0.25) is 0 Å². The number of hydrogen-bond donors (Lipinski definition) is 0. The number of rotatable bonds is 3. The van der Waals surface area contributed by atoms with Crippen molar-refractivity contribution in [3.63, 3.8) is 0 Å². The first-order valence-electron chi connectivity index (χ1n) is 5.71. The van der Waals surface area contributed by atoms with E-state index in [0.717, 1.165) is 29.0 Å². The molecule has 0 amide bonds. The zero-order chi connectivity index (χ0) is 14.0. The van der Waals surface area contributed by atoms with E-state index in [1.807, 2.05) is 13.0 Å². The predicted octanol–water partition coefficient (Wildman–Crippen LogP) is 5.29. The number of alkyl halides is 4. The smallest absolute Gasteiger partial charge is 0.416 e. The van der Waals surface area contributed by atoms with Crippen LogP contribution >= 0.6 is 15.9 Å². The van der Waals surface area contributed by atoms with E-state index in [-0.39, 0.29) is 4.83 Å². The van der Waals surface area contributed by atoms with Gasteiger partial charge in [0.1, 0.15) is 5.76 Å². The van der Waals surface area contributed by atoms with Crippen molar-refractivity contribution in [2.75, 3.05) is 0 Å². The van der Waals surface area contributed by atoms with Crippen LogP contribution in [-0.4, -0.2) is 0 Å². The molecule has 1 aromatic heterocycles. The number of halogens is 4. The molecule has 0 saturated heterocycles. The monoisotopic (exact) mass is 332 g/mol. The van der Waals surface area contributed by atoms with Gasteiger partial charge in [0.25, 0.3) is 0 Å². The zero-order valence-corrected chi connectivity index (χ0v) is 11.8. The number of hydrogen-bond acceptors (Lipinski definition) is 1. The van der Waals surface area contributed by atoms with Crippen molar-refractivity contribution >= 4 is 15.9 Å². The summed E-state index contributed by atoms with van der Waals surface area (Å²) in [4.78, 5) is 0.0293. The molecule has 5 heteroatoms. The van der Waals surface area contributed by atoms with Crippen molar-refractivity contribution < 1.29 is 17.6 Å². The van der Waals surface area contributed by atoms with E-state index in [1.165, 1.54) is 12.1 Å². The SMILES string of the molecule is Cc1cc(C(Br)Cc2ccc(C(F)(F)F)cc2)co1. The molecule has 19 heavy (non-hydrogen) atoms. The number of furan rings is 1. The second kappa shape index (κ2) is 5.41. The molecule has 2 rings (SSSR count). The van der Waals surface area contributed by atoms with Crippen LogP contribution in [0.15, 0.2) is 41.0 Å². The highest BCUT2D eigenvalue weighted by Crippen LogP contribution is 2.31. The Labute approximate surface area is 117 Å². The first-order valence-corrected chi connectivity index (χ1v) is 6.63. The van der Waals surface area contributed by atoms with Crippen LogP contribution < -0.4 is 0 Å². The van der Waals surface area contributed by atoms with Gasteiger partial charge >= 0.3 is 6.18 Å². The summed E-state index contributed by atoms with van der Waals surface area (Å²) >= 11 is 3.51. The molecule has 2 aromatic rings. The molecule has 0 aliphatic heterocycles. The Morgan fingerprint density at radius 2 is 1.84 bits per heavy atom. The first-order chi connectivity index (χ1) is 8.86. The van der Waals surface area contributed by atoms with Crippen molar-refractivity contribution in [1.82, 2.24) is 0 Å².